The lowest BCUT2D eigenvalue weighted by atomic mass is 10.0. The van der Waals surface area contributed by atoms with Gasteiger partial charge in [0.2, 0.25) is 0 Å². The highest BCUT2D eigenvalue weighted by Gasteiger charge is 2.29. The molecule has 0 spiro atoms. The molecule has 1 aromatic rings. The summed E-state index contributed by atoms with van der Waals surface area (Å²) in [6.45, 7) is 2.02. The minimum atomic E-state index is -0.467. The fraction of sp³-hybridized carbons (Fsp3) is 0.273. The summed E-state index contributed by atoms with van der Waals surface area (Å²) < 4.78 is 14.8. The quantitative estimate of drug-likeness (QED) is 0.557. The van der Waals surface area contributed by atoms with Crippen molar-refractivity contribution in [2.45, 2.75) is 13.5 Å². The summed E-state index contributed by atoms with van der Waals surface area (Å²) in [5.41, 5.74) is 1.86. The monoisotopic (exact) mass is 219 g/mol. The normalized spacial score (nSPS) is 12.7. The van der Waals surface area contributed by atoms with Crippen molar-refractivity contribution in [3.8, 4) is 17.8 Å². The molecule has 0 saturated heterocycles. The molecule has 0 atom stereocenters. The molecule has 0 aromatic heterocycles. The summed E-state index contributed by atoms with van der Waals surface area (Å²) in [5.74, 6) is 0.288. The number of rotatable bonds is 2. The number of nitrogens with zero attached hydrogens (tertiary/aromatic N) is 1. The van der Waals surface area contributed by atoms with Crippen LogP contribution < -0.4 is 9.47 Å². The van der Waals surface area contributed by atoms with E-state index in [-0.39, 0.29) is 12.4 Å². The highest BCUT2D eigenvalue weighted by atomic mass is 16.5. The molecule has 1 aliphatic rings. The van der Waals surface area contributed by atoms with Crippen LogP contribution in [0.15, 0.2) is 6.07 Å². The second kappa shape index (κ2) is 3.74. The summed E-state index contributed by atoms with van der Waals surface area (Å²) in [6.07, 6.45) is 1.54. The SMILES string of the molecule is COc1cc(OC#N)c2c(c1C)COC2=O. The van der Waals surface area contributed by atoms with Gasteiger partial charge in [-0.2, -0.15) is 0 Å². The highest BCUT2D eigenvalue weighted by molar-refractivity contribution is 5.97. The third-order valence-electron chi connectivity index (χ3n) is 2.56. The van der Waals surface area contributed by atoms with E-state index in [1.165, 1.54) is 13.2 Å². The van der Waals surface area contributed by atoms with Crippen molar-refractivity contribution in [1.82, 2.24) is 0 Å². The average Bonchev–Trinajstić information content (AvgIpc) is 2.66. The van der Waals surface area contributed by atoms with Crippen molar-refractivity contribution in [3.63, 3.8) is 0 Å². The van der Waals surface area contributed by atoms with Crippen molar-refractivity contribution in [3.05, 3.63) is 22.8 Å². The van der Waals surface area contributed by atoms with Gasteiger partial charge in [0.05, 0.1) is 7.11 Å². The van der Waals surface area contributed by atoms with Gasteiger partial charge in [-0.3, -0.25) is 0 Å². The van der Waals surface area contributed by atoms with Crippen molar-refractivity contribution >= 4 is 5.97 Å². The Kier molecular flexibility index (Phi) is 2.41. The maximum absolute atomic E-state index is 11.5. The molecule has 1 aromatic carbocycles. The largest absolute Gasteiger partial charge is 0.496 e. The molecule has 0 aliphatic carbocycles. The van der Waals surface area contributed by atoms with E-state index >= 15 is 0 Å². The van der Waals surface area contributed by atoms with Crippen molar-refractivity contribution in [1.29, 1.82) is 5.26 Å². The van der Waals surface area contributed by atoms with Crippen LogP contribution in [0.3, 0.4) is 0 Å². The fourth-order valence-electron chi connectivity index (χ4n) is 1.74. The molecule has 0 N–H and O–H groups in total. The van der Waals surface area contributed by atoms with E-state index in [2.05, 4.69) is 0 Å². The van der Waals surface area contributed by atoms with Crippen LogP contribution in [0.5, 0.6) is 11.5 Å². The molecule has 1 aliphatic heterocycles. The van der Waals surface area contributed by atoms with Crippen LogP contribution in [-0.4, -0.2) is 13.1 Å². The molecule has 0 bridgehead atoms. The molecule has 0 saturated carbocycles. The number of fused-ring (bicyclic) bond motifs is 1. The Bertz CT molecular complexity index is 502. The Morgan fingerprint density at radius 2 is 2.25 bits per heavy atom. The molecule has 0 amide bonds. The number of nitriles is 1. The number of carbonyl (C=O) groups excluding carboxylic acids is 1. The highest BCUT2D eigenvalue weighted by Crippen LogP contribution is 2.37. The number of cyclic esters (lactones) is 1. The van der Waals surface area contributed by atoms with E-state index in [4.69, 9.17) is 19.5 Å². The second-order valence-corrected chi connectivity index (χ2v) is 3.32. The van der Waals surface area contributed by atoms with Crippen LogP contribution in [0.2, 0.25) is 0 Å². The Balaban J connectivity index is 2.67. The van der Waals surface area contributed by atoms with Crippen LogP contribution in [-0.2, 0) is 11.3 Å². The number of hydrogen-bond acceptors (Lipinski definition) is 5. The maximum atomic E-state index is 11.5. The fourth-order valence-corrected chi connectivity index (χ4v) is 1.74. The van der Waals surface area contributed by atoms with Crippen LogP contribution in [0, 0.1) is 18.4 Å². The van der Waals surface area contributed by atoms with Crippen molar-refractivity contribution in [2.24, 2.45) is 0 Å². The summed E-state index contributed by atoms with van der Waals surface area (Å²) in [5, 5.41) is 8.50. The van der Waals surface area contributed by atoms with E-state index in [0.717, 1.165) is 11.1 Å². The summed E-state index contributed by atoms with van der Waals surface area (Å²) in [6, 6.07) is 1.52. The lowest BCUT2D eigenvalue weighted by Gasteiger charge is -2.09. The minimum Gasteiger partial charge on any atom is -0.496 e. The number of hydrogen-bond donors (Lipinski definition) is 0. The van der Waals surface area contributed by atoms with Crippen LogP contribution >= 0.6 is 0 Å². The number of ether oxygens (including phenoxy) is 3. The first-order chi connectivity index (χ1) is 7.69. The summed E-state index contributed by atoms with van der Waals surface area (Å²) >= 11 is 0. The third-order valence-corrected chi connectivity index (χ3v) is 2.56. The Morgan fingerprint density at radius 3 is 2.88 bits per heavy atom. The average molecular weight is 219 g/mol. The topological polar surface area (TPSA) is 68.6 Å². The molecular formula is C11H9NO4. The molecule has 0 unspecified atom stereocenters. The van der Waals surface area contributed by atoms with Crippen LogP contribution in [0.4, 0.5) is 0 Å². The molecule has 5 nitrogen and oxygen atoms in total. The van der Waals surface area contributed by atoms with E-state index in [9.17, 15) is 4.79 Å². The second-order valence-electron chi connectivity index (χ2n) is 3.32. The van der Waals surface area contributed by atoms with Gasteiger partial charge in [-0.05, 0) is 12.5 Å². The zero-order chi connectivity index (χ0) is 11.7. The van der Waals surface area contributed by atoms with Crippen LogP contribution in [0.25, 0.3) is 0 Å². The molecular weight excluding hydrogens is 210 g/mol. The van der Waals surface area contributed by atoms with Gasteiger partial charge in [0.25, 0.3) is 6.26 Å². The Morgan fingerprint density at radius 1 is 1.50 bits per heavy atom. The number of methoxy groups -OCH3 is 1. The molecule has 82 valence electrons. The first-order valence-corrected chi connectivity index (χ1v) is 4.62. The number of carbonyl (C=O) groups is 1. The smallest absolute Gasteiger partial charge is 0.342 e. The summed E-state index contributed by atoms with van der Waals surface area (Å²) in [4.78, 5) is 11.5. The zero-order valence-corrected chi connectivity index (χ0v) is 8.86. The molecule has 0 radical (unpaired) electrons. The van der Waals surface area contributed by atoms with Gasteiger partial charge in [0.1, 0.15) is 17.9 Å². The van der Waals surface area contributed by atoms with Crippen LogP contribution in [0.1, 0.15) is 21.5 Å². The molecule has 5 heteroatoms. The summed E-state index contributed by atoms with van der Waals surface area (Å²) in [7, 11) is 1.52. The predicted octanol–water partition coefficient (Wildman–Crippen LogP) is 1.53. The molecule has 0 fully saturated rings. The van der Waals surface area contributed by atoms with Crippen molar-refractivity contribution < 1.29 is 19.0 Å². The maximum Gasteiger partial charge on any atom is 0.342 e. The lowest BCUT2D eigenvalue weighted by Crippen LogP contribution is -2.01. The van der Waals surface area contributed by atoms with Gasteiger partial charge in [0, 0.05) is 11.6 Å². The first kappa shape index (κ1) is 10.3. The van der Waals surface area contributed by atoms with E-state index in [0.29, 0.717) is 11.3 Å². The van der Waals surface area contributed by atoms with E-state index in [1.807, 2.05) is 6.92 Å². The van der Waals surface area contributed by atoms with Gasteiger partial charge in [-0.25, -0.2) is 4.79 Å². The van der Waals surface area contributed by atoms with Gasteiger partial charge in [-0.1, -0.05) is 0 Å². The van der Waals surface area contributed by atoms with E-state index in [1.54, 1.807) is 6.26 Å². The molecule has 16 heavy (non-hydrogen) atoms. The van der Waals surface area contributed by atoms with Gasteiger partial charge >= 0.3 is 5.97 Å². The predicted molar refractivity (Wildman–Crippen MR) is 53.1 cm³/mol. The number of benzene rings is 1. The lowest BCUT2D eigenvalue weighted by molar-refractivity contribution is 0.0533. The Hall–Kier alpha value is -2.22. The van der Waals surface area contributed by atoms with Crippen molar-refractivity contribution in [2.75, 3.05) is 7.11 Å². The van der Waals surface area contributed by atoms with E-state index < -0.39 is 5.97 Å². The van der Waals surface area contributed by atoms with Gasteiger partial charge in [-0.15, -0.1) is 5.26 Å². The van der Waals surface area contributed by atoms with Gasteiger partial charge < -0.3 is 14.2 Å². The zero-order valence-electron chi connectivity index (χ0n) is 8.86. The first-order valence-electron chi connectivity index (χ1n) is 4.62. The molecule has 2 rings (SSSR count). The Labute approximate surface area is 92.1 Å². The van der Waals surface area contributed by atoms with Gasteiger partial charge in [0.15, 0.2) is 5.75 Å². The standard InChI is InChI=1S/C11H9NO4/c1-6-7-4-15-11(13)10(7)9(16-5-12)3-8(6)14-2/h3H,4H2,1-2H3. The minimum absolute atomic E-state index is 0.183. The third kappa shape index (κ3) is 1.36. The molecule has 1 heterocycles. The number of esters is 1.